The smallest absolute Gasteiger partial charge is 0.336 e. The van der Waals surface area contributed by atoms with Crippen LogP contribution in [0.2, 0.25) is 0 Å². The Morgan fingerprint density at radius 1 is 0.875 bits per heavy atom. The normalized spacial score (nSPS) is 18.0. The van der Waals surface area contributed by atoms with E-state index in [-0.39, 0.29) is 12.3 Å². The second kappa shape index (κ2) is 19.9. The van der Waals surface area contributed by atoms with Crippen molar-refractivity contribution in [1.82, 2.24) is 4.90 Å². The van der Waals surface area contributed by atoms with Gasteiger partial charge in [0.25, 0.3) is 5.24 Å². The first-order valence-corrected chi connectivity index (χ1v) is 18.8. The van der Waals surface area contributed by atoms with Gasteiger partial charge in [0.2, 0.25) is 5.91 Å². The molecule has 0 aliphatic carbocycles. The van der Waals surface area contributed by atoms with E-state index in [1.165, 1.54) is 36.7 Å². The SMILES string of the molecule is CCCCCCCOCCCCCCC=CC(C(=O)N1C(=O)SC(c2ccccc2)(c2ccccc2)[C@@H]1C(C)C)[C@@](O)(CCC)C(=O)O. The van der Waals surface area contributed by atoms with Crippen LogP contribution in [0.4, 0.5) is 4.79 Å². The number of carbonyl (C=O) groups excluding carboxylic acids is 2. The number of aliphatic hydroxyl groups is 1. The Kier molecular flexibility index (Phi) is 16.4. The third-order valence-electron chi connectivity index (χ3n) is 9.33. The summed E-state index contributed by atoms with van der Waals surface area (Å²) >= 11 is 1.09. The van der Waals surface area contributed by atoms with Crippen LogP contribution in [0.1, 0.15) is 116 Å². The number of unbranched alkanes of at least 4 members (excludes halogenated alkanes) is 8. The van der Waals surface area contributed by atoms with Crippen molar-refractivity contribution in [3.63, 3.8) is 0 Å². The van der Waals surface area contributed by atoms with E-state index in [9.17, 15) is 24.6 Å². The van der Waals surface area contributed by atoms with Gasteiger partial charge in [0, 0.05) is 13.2 Å². The number of hydrogen-bond acceptors (Lipinski definition) is 6. The van der Waals surface area contributed by atoms with Crippen LogP contribution < -0.4 is 0 Å². The summed E-state index contributed by atoms with van der Waals surface area (Å²) in [5.41, 5.74) is -0.585. The number of hydrogen-bond donors (Lipinski definition) is 2. The third-order valence-corrected chi connectivity index (χ3v) is 10.7. The summed E-state index contributed by atoms with van der Waals surface area (Å²) in [5, 5.41) is 21.5. The molecule has 1 aliphatic heterocycles. The van der Waals surface area contributed by atoms with Gasteiger partial charge in [-0.15, -0.1) is 0 Å². The third kappa shape index (κ3) is 9.82. The zero-order valence-corrected chi connectivity index (χ0v) is 30.3. The van der Waals surface area contributed by atoms with E-state index >= 15 is 0 Å². The average molecular weight is 680 g/mol. The maximum Gasteiger partial charge on any atom is 0.336 e. The highest BCUT2D eigenvalue weighted by Crippen LogP contribution is 2.56. The van der Waals surface area contributed by atoms with Gasteiger partial charge in [-0.3, -0.25) is 14.5 Å². The van der Waals surface area contributed by atoms with E-state index < -0.39 is 39.4 Å². The quantitative estimate of drug-likeness (QED) is 0.0944. The molecule has 48 heavy (non-hydrogen) atoms. The molecule has 1 fully saturated rings. The Bertz CT molecular complexity index is 1260. The molecule has 2 N–H and O–H groups in total. The second-order valence-corrected chi connectivity index (χ2v) is 14.5. The van der Waals surface area contributed by atoms with E-state index in [4.69, 9.17) is 4.74 Å². The lowest BCUT2D eigenvalue weighted by molar-refractivity contribution is -0.169. The first kappa shape index (κ1) is 39.5. The molecule has 7 nitrogen and oxygen atoms in total. The molecule has 3 atom stereocenters. The van der Waals surface area contributed by atoms with Crippen molar-refractivity contribution in [2.75, 3.05) is 13.2 Å². The molecule has 1 heterocycles. The van der Waals surface area contributed by atoms with Crippen LogP contribution in [-0.2, 0) is 19.1 Å². The summed E-state index contributed by atoms with van der Waals surface area (Å²) in [6.45, 7) is 9.52. The van der Waals surface area contributed by atoms with E-state index in [1.807, 2.05) is 74.5 Å². The number of ether oxygens (including phenoxy) is 1. The van der Waals surface area contributed by atoms with Crippen molar-refractivity contribution in [3.8, 4) is 0 Å². The van der Waals surface area contributed by atoms with Gasteiger partial charge in [-0.05, 0) is 60.9 Å². The topological polar surface area (TPSA) is 104 Å². The second-order valence-electron chi connectivity index (χ2n) is 13.3. The summed E-state index contributed by atoms with van der Waals surface area (Å²) in [6, 6.07) is 18.8. The lowest BCUT2D eigenvalue weighted by Gasteiger charge is -2.41. The Morgan fingerprint density at radius 2 is 1.42 bits per heavy atom. The van der Waals surface area contributed by atoms with Crippen LogP contribution in [0.3, 0.4) is 0 Å². The largest absolute Gasteiger partial charge is 0.479 e. The van der Waals surface area contributed by atoms with Crippen LogP contribution in [0.15, 0.2) is 72.8 Å². The molecule has 2 aromatic carbocycles. The predicted octanol–water partition coefficient (Wildman–Crippen LogP) is 9.38. The Labute approximate surface area is 292 Å². The summed E-state index contributed by atoms with van der Waals surface area (Å²) in [5.74, 6) is -3.74. The predicted molar refractivity (Wildman–Crippen MR) is 195 cm³/mol. The average Bonchev–Trinajstić information content (AvgIpc) is 3.41. The molecule has 8 heteroatoms. The first-order valence-electron chi connectivity index (χ1n) is 18.0. The number of carboxylic acids is 1. The Morgan fingerprint density at radius 3 is 1.92 bits per heavy atom. The fourth-order valence-electron chi connectivity index (χ4n) is 6.87. The zero-order chi connectivity index (χ0) is 35.0. The molecule has 1 unspecified atom stereocenters. The highest BCUT2D eigenvalue weighted by Gasteiger charge is 2.60. The maximum atomic E-state index is 14.6. The minimum absolute atomic E-state index is 0.119. The van der Waals surface area contributed by atoms with Crippen LogP contribution in [0, 0.1) is 11.8 Å². The number of nitrogens with zero attached hydrogens (tertiary/aromatic N) is 1. The number of imide groups is 1. The number of rotatable bonds is 22. The molecular weight excluding hydrogens is 623 g/mol. The van der Waals surface area contributed by atoms with Crippen molar-refractivity contribution in [2.24, 2.45) is 11.8 Å². The van der Waals surface area contributed by atoms with Gasteiger partial charge in [-0.2, -0.15) is 0 Å². The fourth-order valence-corrected chi connectivity index (χ4v) is 8.45. The van der Waals surface area contributed by atoms with Crippen molar-refractivity contribution in [3.05, 3.63) is 83.9 Å². The number of carboxylic acid groups (broad SMARTS) is 1. The number of allylic oxidation sites excluding steroid dienone is 1. The van der Waals surface area contributed by atoms with E-state index in [1.54, 1.807) is 13.0 Å². The van der Waals surface area contributed by atoms with Crippen molar-refractivity contribution < 1.29 is 29.3 Å². The molecule has 0 saturated carbocycles. The van der Waals surface area contributed by atoms with Crippen LogP contribution in [0.25, 0.3) is 0 Å². The van der Waals surface area contributed by atoms with Gasteiger partial charge in [0.15, 0.2) is 5.60 Å². The van der Waals surface area contributed by atoms with Crippen LogP contribution >= 0.6 is 11.8 Å². The lowest BCUT2D eigenvalue weighted by atomic mass is 9.77. The molecule has 2 aromatic rings. The van der Waals surface area contributed by atoms with Gasteiger partial charge in [-0.25, -0.2) is 4.79 Å². The van der Waals surface area contributed by atoms with Crippen molar-refractivity contribution >= 4 is 28.9 Å². The monoisotopic (exact) mass is 679 g/mol. The molecule has 0 aromatic heterocycles. The van der Waals surface area contributed by atoms with E-state index in [0.717, 1.165) is 68.2 Å². The highest BCUT2D eigenvalue weighted by molar-refractivity contribution is 8.15. The molecule has 1 aliphatic rings. The van der Waals surface area contributed by atoms with Crippen LogP contribution in [0.5, 0.6) is 0 Å². The standard InChI is InChI=1S/C40H57NO6S/c1-5-7-8-12-21-29-47-30-22-13-10-9-11-20-27-34(39(46,28-6-2)37(43)44)36(42)41-35(31(3)4)40(48-38(41)45,32-23-16-14-17-24-32)33-25-18-15-19-26-33/h14-20,23-27,31,34-35,46H,5-13,21-22,28-30H2,1-4H3,(H,43,44)/t34?,35-,39-/m0/s1. The molecule has 0 spiro atoms. The lowest BCUT2D eigenvalue weighted by Crippen LogP contribution is -2.56. The number of aliphatic carboxylic acids is 1. The Balaban J connectivity index is 1.80. The summed E-state index contributed by atoms with van der Waals surface area (Å²) in [7, 11) is 0. The molecule has 2 amide bonds. The van der Waals surface area contributed by atoms with Gasteiger partial charge < -0.3 is 14.9 Å². The minimum atomic E-state index is -2.35. The summed E-state index contributed by atoms with van der Waals surface area (Å²) < 4.78 is 4.85. The van der Waals surface area contributed by atoms with E-state index in [2.05, 4.69) is 6.92 Å². The number of thioether (sulfide) groups is 1. The molecule has 0 radical (unpaired) electrons. The Hall–Kier alpha value is -2.94. The first-order chi connectivity index (χ1) is 23.1. The molecule has 1 saturated heterocycles. The molecule has 264 valence electrons. The molecule has 0 bridgehead atoms. The minimum Gasteiger partial charge on any atom is -0.479 e. The zero-order valence-electron chi connectivity index (χ0n) is 29.4. The van der Waals surface area contributed by atoms with Crippen molar-refractivity contribution in [2.45, 2.75) is 121 Å². The molecule has 3 rings (SSSR count). The summed E-state index contributed by atoms with van der Waals surface area (Å²) in [4.78, 5) is 42.6. The van der Waals surface area contributed by atoms with Gasteiger partial charge >= 0.3 is 5.97 Å². The highest BCUT2D eigenvalue weighted by atomic mass is 32.2. The van der Waals surface area contributed by atoms with Gasteiger partial charge in [0.05, 0.1) is 16.7 Å². The number of amides is 2. The molecular formula is C40H57NO6S. The number of benzene rings is 2. The summed E-state index contributed by atoms with van der Waals surface area (Å²) in [6.07, 6.45) is 14.2. The number of carbonyl (C=O) groups is 3. The maximum absolute atomic E-state index is 14.6. The van der Waals surface area contributed by atoms with Crippen LogP contribution in [-0.4, -0.2) is 57.1 Å². The fraction of sp³-hybridized carbons (Fsp3) is 0.575. The van der Waals surface area contributed by atoms with Gasteiger partial charge in [-0.1, -0.05) is 145 Å². The van der Waals surface area contributed by atoms with Gasteiger partial charge in [0.1, 0.15) is 0 Å². The van der Waals surface area contributed by atoms with E-state index in [0.29, 0.717) is 12.8 Å². The van der Waals surface area contributed by atoms with Crippen molar-refractivity contribution in [1.29, 1.82) is 0 Å².